The third kappa shape index (κ3) is 5.58. The first-order chi connectivity index (χ1) is 15.9. The zero-order valence-electron chi connectivity index (χ0n) is 19.2. The lowest BCUT2D eigenvalue weighted by Crippen LogP contribution is -2.41. The number of fused-ring (bicyclic) bond motifs is 1. The highest BCUT2D eigenvalue weighted by Gasteiger charge is 2.35. The van der Waals surface area contributed by atoms with E-state index in [-0.39, 0.29) is 29.9 Å². The molecule has 0 saturated carbocycles. The molecule has 1 atom stereocenters. The van der Waals surface area contributed by atoms with Crippen molar-refractivity contribution in [3.05, 3.63) is 65.4 Å². The highest BCUT2D eigenvalue weighted by atomic mass is 32.2. The third-order valence-electron chi connectivity index (χ3n) is 6.19. The lowest BCUT2D eigenvalue weighted by Gasteiger charge is -2.28. The van der Waals surface area contributed by atoms with E-state index in [1.54, 1.807) is 11.2 Å². The van der Waals surface area contributed by atoms with Crippen molar-refractivity contribution < 1.29 is 22.4 Å². The number of carbonyl (C=O) groups excluding carboxylic acids is 1. The van der Waals surface area contributed by atoms with Crippen molar-refractivity contribution in [3.63, 3.8) is 0 Å². The van der Waals surface area contributed by atoms with E-state index in [0.29, 0.717) is 19.6 Å². The molecule has 3 aromatic rings. The van der Waals surface area contributed by atoms with E-state index in [0.717, 1.165) is 40.7 Å². The van der Waals surface area contributed by atoms with Crippen LogP contribution in [0.2, 0.25) is 0 Å². The summed E-state index contributed by atoms with van der Waals surface area (Å²) in [4.78, 5) is 15.2. The highest BCUT2D eigenvalue weighted by Crippen LogP contribution is 2.26. The lowest BCUT2D eigenvalue weighted by atomic mass is 10.0. The summed E-state index contributed by atoms with van der Waals surface area (Å²) in [5, 5.41) is 0.944. The van der Waals surface area contributed by atoms with Crippen LogP contribution >= 0.6 is 0 Å². The molecule has 1 saturated heterocycles. The van der Waals surface area contributed by atoms with Crippen molar-refractivity contribution >= 4 is 26.7 Å². The van der Waals surface area contributed by atoms with Crippen molar-refractivity contribution in [2.75, 3.05) is 18.1 Å². The second-order valence-electron chi connectivity index (χ2n) is 8.69. The normalized spacial score (nSPS) is 17.3. The molecule has 0 radical (unpaired) electrons. The Hall–Kier alpha value is -2.80. The molecule has 2 aromatic carbocycles. The summed E-state index contributed by atoms with van der Waals surface area (Å²) < 4.78 is 35.6. The molecule has 0 bridgehead atoms. The number of hydrogen-bond donors (Lipinski definition) is 0. The minimum atomic E-state index is -3.12. The molecule has 1 aliphatic heterocycles. The van der Waals surface area contributed by atoms with Crippen molar-refractivity contribution in [2.24, 2.45) is 0 Å². The van der Waals surface area contributed by atoms with Gasteiger partial charge in [0.25, 0.3) is 0 Å². The van der Waals surface area contributed by atoms with Crippen LogP contribution in [-0.2, 0) is 34.0 Å². The van der Waals surface area contributed by atoms with Crippen LogP contribution in [0.25, 0.3) is 11.0 Å². The predicted molar refractivity (Wildman–Crippen MR) is 129 cm³/mol. The Morgan fingerprint density at radius 1 is 1.12 bits per heavy atom. The standard InChI is InChI=1S/C26H31NO5S/c1-3-12-31-23-8-5-20(6-9-23)16-27(22-11-13-33(29,30)18-22)26(28)15-21-17-32-25-10-7-19(4-2)14-24(21)25/h5-10,14,17,22H,3-4,11-13,15-16,18H2,1-2H3/t22-/m0/s1. The van der Waals surface area contributed by atoms with Gasteiger partial charge in [0.2, 0.25) is 5.91 Å². The fraction of sp³-hybridized carbons (Fsp3) is 0.423. The number of amides is 1. The number of carbonyl (C=O) groups is 1. The first-order valence-corrected chi connectivity index (χ1v) is 13.4. The number of aryl methyl sites for hydroxylation is 1. The molecule has 176 valence electrons. The average molecular weight is 470 g/mol. The van der Waals surface area contributed by atoms with E-state index in [2.05, 4.69) is 19.9 Å². The molecule has 0 unspecified atom stereocenters. The SMILES string of the molecule is CCCOc1ccc(CN(C(=O)Cc2coc3ccc(CC)cc23)[C@H]2CCS(=O)(=O)C2)cc1. The Bertz CT molecular complexity index is 1210. The Labute approximate surface area is 195 Å². The van der Waals surface area contributed by atoms with E-state index >= 15 is 0 Å². The van der Waals surface area contributed by atoms with Crippen molar-refractivity contribution in [1.29, 1.82) is 0 Å². The van der Waals surface area contributed by atoms with Crippen LogP contribution in [0.1, 0.15) is 43.4 Å². The number of benzene rings is 2. The summed E-state index contributed by atoms with van der Waals surface area (Å²) >= 11 is 0. The number of rotatable bonds is 9. The molecular formula is C26H31NO5S. The Morgan fingerprint density at radius 3 is 2.55 bits per heavy atom. The van der Waals surface area contributed by atoms with Crippen molar-refractivity contribution in [2.45, 2.75) is 52.1 Å². The number of furan rings is 1. The molecule has 0 spiro atoms. The topological polar surface area (TPSA) is 76.8 Å². The molecule has 33 heavy (non-hydrogen) atoms. The minimum absolute atomic E-state index is 0.0164. The second kappa shape index (κ2) is 10.00. The number of nitrogens with zero attached hydrogens (tertiary/aromatic N) is 1. The summed E-state index contributed by atoms with van der Waals surface area (Å²) in [5.74, 6) is 0.842. The van der Waals surface area contributed by atoms with Gasteiger partial charge in [-0.25, -0.2) is 8.42 Å². The quantitative estimate of drug-likeness (QED) is 0.460. The molecule has 1 aromatic heterocycles. The van der Waals surface area contributed by atoms with E-state index in [4.69, 9.17) is 9.15 Å². The molecule has 2 heterocycles. The lowest BCUT2D eigenvalue weighted by molar-refractivity contribution is -0.133. The molecule has 6 nitrogen and oxygen atoms in total. The van der Waals surface area contributed by atoms with Gasteiger partial charge >= 0.3 is 0 Å². The summed E-state index contributed by atoms with van der Waals surface area (Å²) in [6.45, 7) is 5.16. The van der Waals surface area contributed by atoms with Crippen LogP contribution in [0.4, 0.5) is 0 Å². The highest BCUT2D eigenvalue weighted by molar-refractivity contribution is 7.91. The van der Waals surface area contributed by atoms with Gasteiger partial charge in [-0.1, -0.05) is 32.0 Å². The first kappa shape index (κ1) is 23.4. The maximum atomic E-state index is 13.5. The van der Waals surface area contributed by atoms with Crippen LogP contribution in [0.15, 0.2) is 53.1 Å². The van der Waals surface area contributed by atoms with E-state index < -0.39 is 9.84 Å². The van der Waals surface area contributed by atoms with Crippen molar-refractivity contribution in [3.8, 4) is 5.75 Å². The number of ether oxygens (including phenoxy) is 1. The van der Waals surface area contributed by atoms with Crippen LogP contribution in [-0.4, -0.2) is 43.4 Å². The fourth-order valence-corrected chi connectivity index (χ4v) is 6.03. The molecule has 4 rings (SSSR count). The van der Waals surface area contributed by atoms with Gasteiger partial charge in [-0.05, 0) is 54.7 Å². The fourth-order valence-electron chi connectivity index (χ4n) is 4.30. The Morgan fingerprint density at radius 2 is 1.88 bits per heavy atom. The third-order valence-corrected chi connectivity index (χ3v) is 7.94. The molecule has 7 heteroatoms. The molecular weight excluding hydrogens is 438 g/mol. The summed E-state index contributed by atoms with van der Waals surface area (Å²) in [5.41, 5.74) is 3.72. The van der Waals surface area contributed by atoms with E-state index in [1.165, 1.54) is 5.56 Å². The molecule has 0 N–H and O–H groups in total. The second-order valence-corrected chi connectivity index (χ2v) is 10.9. The zero-order chi connectivity index (χ0) is 23.4. The van der Waals surface area contributed by atoms with Crippen molar-refractivity contribution in [1.82, 2.24) is 4.90 Å². The Kier molecular flexibility index (Phi) is 7.08. The van der Waals surface area contributed by atoms with Gasteiger partial charge in [0.1, 0.15) is 11.3 Å². The first-order valence-electron chi connectivity index (χ1n) is 11.6. The number of sulfone groups is 1. The van der Waals surface area contributed by atoms with Gasteiger partial charge in [-0.3, -0.25) is 4.79 Å². The van der Waals surface area contributed by atoms with Crippen LogP contribution in [0.3, 0.4) is 0 Å². The minimum Gasteiger partial charge on any atom is -0.494 e. The summed E-state index contributed by atoms with van der Waals surface area (Å²) in [6, 6.07) is 13.4. The summed E-state index contributed by atoms with van der Waals surface area (Å²) in [7, 11) is -3.12. The smallest absolute Gasteiger partial charge is 0.227 e. The summed E-state index contributed by atoms with van der Waals surface area (Å²) in [6.07, 6.45) is 4.12. The molecule has 1 aliphatic rings. The van der Waals surface area contributed by atoms with E-state index in [1.807, 2.05) is 36.4 Å². The predicted octanol–water partition coefficient (Wildman–Crippen LogP) is 4.54. The zero-order valence-corrected chi connectivity index (χ0v) is 20.1. The van der Waals surface area contributed by atoms with Gasteiger partial charge in [-0.15, -0.1) is 0 Å². The van der Waals surface area contributed by atoms with Gasteiger partial charge in [0.05, 0.1) is 30.8 Å². The molecule has 0 aliphatic carbocycles. The van der Waals surface area contributed by atoms with Crippen LogP contribution < -0.4 is 4.74 Å². The maximum absolute atomic E-state index is 13.5. The van der Waals surface area contributed by atoms with Gasteiger partial charge in [0.15, 0.2) is 9.84 Å². The monoisotopic (exact) mass is 469 g/mol. The van der Waals surface area contributed by atoms with E-state index in [9.17, 15) is 13.2 Å². The molecule has 1 amide bonds. The number of hydrogen-bond acceptors (Lipinski definition) is 5. The van der Waals surface area contributed by atoms with Crippen LogP contribution in [0.5, 0.6) is 5.75 Å². The van der Waals surface area contributed by atoms with Gasteiger partial charge in [0, 0.05) is 23.5 Å². The average Bonchev–Trinajstić information content (AvgIpc) is 3.38. The largest absolute Gasteiger partial charge is 0.494 e. The van der Waals surface area contributed by atoms with Gasteiger partial charge < -0.3 is 14.1 Å². The van der Waals surface area contributed by atoms with Gasteiger partial charge in [-0.2, -0.15) is 0 Å². The van der Waals surface area contributed by atoms with Crippen LogP contribution in [0, 0.1) is 0 Å². The maximum Gasteiger partial charge on any atom is 0.227 e. The Balaban J connectivity index is 1.56. The molecule has 1 fully saturated rings.